The first-order valence-electron chi connectivity index (χ1n) is 4.38. The largest absolute Gasteiger partial charge is 0.314 e. The highest BCUT2D eigenvalue weighted by Gasteiger charge is 2.16. The monoisotopic (exact) mass is 244 g/mol. The summed E-state index contributed by atoms with van der Waals surface area (Å²) in [6.45, 7) is 2.99. The summed E-state index contributed by atoms with van der Waals surface area (Å²) in [5.74, 6) is 0. The molecular weight excluding hydrogens is 232 g/mol. The van der Waals surface area contributed by atoms with E-state index < -0.39 is 0 Å². The summed E-state index contributed by atoms with van der Waals surface area (Å²) in [7, 11) is 1.93. The van der Waals surface area contributed by atoms with Crippen LogP contribution in [0.4, 0.5) is 0 Å². The maximum Gasteiger partial charge on any atom is 0.0904 e. The van der Waals surface area contributed by atoms with Crippen LogP contribution >= 0.6 is 15.9 Å². The quantitative estimate of drug-likeness (QED) is 0.801. The van der Waals surface area contributed by atoms with Crippen molar-refractivity contribution in [3.8, 4) is 0 Å². The van der Waals surface area contributed by atoms with Crippen LogP contribution in [0.2, 0.25) is 0 Å². The second kappa shape index (κ2) is 3.77. The van der Waals surface area contributed by atoms with Gasteiger partial charge in [-0.15, -0.1) is 0 Å². The van der Waals surface area contributed by atoms with Crippen LogP contribution in [0.3, 0.4) is 0 Å². The van der Waals surface area contributed by atoms with Crippen molar-refractivity contribution in [2.45, 2.75) is 12.6 Å². The van der Waals surface area contributed by atoms with Crippen LogP contribution in [0, 0.1) is 0 Å². The summed E-state index contributed by atoms with van der Waals surface area (Å²) in [5, 5.41) is 11.0. The fraction of sp³-hybridized carbons (Fsp3) is 0.625. The van der Waals surface area contributed by atoms with Crippen LogP contribution in [0.25, 0.3) is 0 Å². The Hall–Kier alpha value is -0.390. The zero-order valence-electron chi connectivity index (χ0n) is 7.55. The fourth-order valence-electron chi connectivity index (χ4n) is 1.30. The average molecular weight is 245 g/mol. The minimum Gasteiger partial charge on any atom is -0.314 e. The van der Waals surface area contributed by atoms with Gasteiger partial charge in [-0.25, -0.2) is 0 Å². The van der Waals surface area contributed by atoms with E-state index in [0.29, 0.717) is 6.04 Å². The SMILES string of the molecule is Cn1cc(Br)c(CNC2CNC2)n1. The van der Waals surface area contributed by atoms with Gasteiger partial charge in [0.05, 0.1) is 10.2 Å². The highest BCUT2D eigenvalue weighted by Crippen LogP contribution is 2.13. The molecule has 0 atom stereocenters. The maximum atomic E-state index is 4.33. The normalized spacial score (nSPS) is 17.4. The number of rotatable bonds is 3. The molecule has 0 aromatic carbocycles. The van der Waals surface area contributed by atoms with Crippen molar-refractivity contribution in [2.24, 2.45) is 7.05 Å². The van der Waals surface area contributed by atoms with E-state index in [-0.39, 0.29) is 0 Å². The number of hydrogen-bond acceptors (Lipinski definition) is 3. The average Bonchev–Trinajstić information content (AvgIpc) is 2.27. The molecule has 5 heteroatoms. The van der Waals surface area contributed by atoms with Crippen LogP contribution < -0.4 is 10.6 Å². The summed E-state index contributed by atoms with van der Waals surface area (Å²) in [5.41, 5.74) is 1.08. The van der Waals surface area contributed by atoms with Crippen molar-refractivity contribution < 1.29 is 0 Å². The summed E-state index contributed by atoms with van der Waals surface area (Å²) in [4.78, 5) is 0. The topological polar surface area (TPSA) is 41.9 Å². The molecule has 2 heterocycles. The number of nitrogens with one attached hydrogen (secondary N) is 2. The van der Waals surface area contributed by atoms with Gasteiger partial charge in [0.15, 0.2) is 0 Å². The van der Waals surface area contributed by atoms with E-state index in [2.05, 4.69) is 31.7 Å². The van der Waals surface area contributed by atoms with E-state index >= 15 is 0 Å². The predicted octanol–water partition coefficient (Wildman–Crippen LogP) is 0.244. The third-order valence-electron chi connectivity index (χ3n) is 2.19. The summed E-state index contributed by atoms with van der Waals surface area (Å²) in [6, 6.07) is 0.619. The first kappa shape index (κ1) is 9.18. The standard InChI is InChI=1S/C8H13BrN4/c1-13-5-7(9)8(12-13)4-11-6-2-10-3-6/h5-6,10-11H,2-4H2,1H3. The summed E-state index contributed by atoms with van der Waals surface area (Å²) in [6.07, 6.45) is 1.97. The summed E-state index contributed by atoms with van der Waals surface area (Å²) >= 11 is 3.47. The molecule has 0 aliphatic carbocycles. The third kappa shape index (κ3) is 2.10. The number of halogens is 1. The van der Waals surface area contributed by atoms with Crippen LogP contribution in [0.1, 0.15) is 5.69 Å². The number of hydrogen-bond donors (Lipinski definition) is 2. The van der Waals surface area contributed by atoms with E-state index in [1.165, 1.54) is 0 Å². The number of aromatic nitrogens is 2. The number of aryl methyl sites for hydroxylation is 1. The Morgan fingerprint density at radius 2 is 2.54 bits per heavy atom. The lowest BCUT2D eigenvalue weighted by Gasteiger charge is -2.27. The minimum absolute atomic E-state index is 0.619. The molecule has 1 aliphatic heterocycles. The zero-order chi connectivity index (χ0) is 9.26. The van der Waals surface area contributed by atoms with Crippen molar-refractivity contribution in [3.05, 3.63) is 16.4 Å². The fourth-order valence-corrected chi connectivity index (χ4v) is 1.82. The lowest BCUT2D eigenvalue weighted by atomic mass is 10.2. The van der Waals surface area contributed by atoms with Gasteiger partial charge in [-0.05, 0) is 15.9 Å². The van der Waals surface area contributed by atoms with E-state index in [1.54, 1.807) is 0 Å². The molecule has 0 radical (unpaired) electrons. The molecule has 1 fully saturated rings. The Balaban J connectivity index is 1.89. The van der Waals surface area contributed by atoms with E-state index in [4.69, 9.17) is 0 Å². The van der Waals surface area contributed by atoms with Crippen molar-refractivity contribution in [3.63, 3.8) is 0 Å². The van der Waals surface area contributed by atoms with Crippen molar-refractivity contribution in [2.75, 3.05) is 13.1 Å². The van der Waals surface area contributed by atoms with Gasteiger partial charge in [-0.1, -0.05) is 0 Å². The Bertz CT molecular complexity index is 292. The van der Waals surface area contributed by atoms with Gasteiger partial charge < -0.3 is 10.6 Å². The Morgan fingerprint density at radius 3 is 3.00 bits per heavy atom. The van der Waals surface area contributed by atoms with Gasteiger partial charge in [0, 0.05) is 38.9 Å². The van der Waals surface area contributed by atoms with Crippen molar-refractivity contribution >= 4 is 15.9 Å². The lowest BCUT2D eigenvalue weighted by molar-refractivity contribution is 0.363. The molecule has 0 unspecified atom stereocenters. The van der Waals surface area contributed by atoms with Crippen molar-refractivity contribution in [1.29, 1.82) is 0 Å². The van der Waals surface area contributed by atoms with Crippen LogP contribution in [0.5, 0.6) is 0 Å². The van der Waals surface area contributed by atoms with E-state index in [9.17, 15) is 0 Å². The molecule has 0 amide bonds. The van der Waals surface area contributed by atoms with Gasteiger partial charge in [0.2, 0.25) is 0 Å². The van der Waals surface area contributed by atoms with Gasteiger partial charge in [0.25, 0.3) is 0 Å². The second-order valence-electron chi connectivity index (χ2n) is 3.33. The highest BCUT2D eigenvalue weighted by molar-refractivity contribution is 9.10. The second-order valence-corrected chi connectivity index (χ2v) is 4.19. The van der Waals surface area contributed by atoms with Crippen LogP contribution in [-0.2, 0) is 13.6 Å². The van der Waals surface area contributed by atoms with Crippen LogP contribution in [-0.4, -0.2) is 28.9 Å². The van der Waals surface area contributed by atoms with E-state index in [1.807, 2.05) is 17.9 Å². The molecule has 0 spiro atoms. The molecule has 1 saturated heterocycles. The first-order chi connectivity index (χ1) is 6.25. The highest BCUT2D eigenvalue weighted by atomic mass is 79.9. The molecule has 0 saturated carbocycles. The Morgan fingerprint density at radius 1 is 1.77 bits per heavy atom. The molecule has 72 valence electrons. The molecule has 1 aromatic rings. The molecule has 2 N–H and O–H groups in total. The molecule has 13 heavy (non-hydrogen) atoms. The van der Waals surface area contributed by atoms with Crippen LogP contribution in [0.15, 0.2) is 10.7 Å². The van der Waals surface area contributed by atoms with Gasteiger partial charge in [-0.3, -0.25) is 4.68 Å². The number of nitrogens with zero attached hydrogens (tertiary/aromatic N) is 2. The zero-order valence-corrected chi connectivity index (χ0v) is 9.13. The van der Waals surface area contributed by atoms with Crippen molar-refractivity contribution in [1.82, 2.24) is 20.4 Å². The molecule has 1 aliphatic rings. The molecule has 1 aromatic heterocycles. The molecule has 0 bridgehead atoms. The predicted molar refractivity (Wildman–Crippen MR) is 54.4 cm³/mol. The summed E-state index contributed by atoms with van der Waals surface area (Å²) < 4.78 is 2.90. The van der Waals surface area contributed by atoms with Gasteiger partial charge in [0.1, 0.15) is 0 Å². The Labute approximate surface area is 85.8 Å². The third-order valence-corrected chi connectivity index (χ3v) is 2.86. The Kier molecular flexibility index (Phi) is 2.66. The van der Waals surface area contributed by atoms with E-state index in [0.717, 1.165) is 29.8 Å². The maximum absolute atomic E-state index is 4.33. The molecule has 2 rings (SSSR count). The first-order valence-corrected chi connectivity index (χ1v) is 5.17. The molecule has 4 nitrogen and oxygen atoms in total. The smallest absolute Gasteiger partial charge is 0.0904 e. The van der Waals surface area contributed by atoms with Gasteiger partial charge >= 0.3 is 0 Å². The lowest BCUT2D eigenvalue weighted by Crippen LogP contribution is -2.55. The van der Waals surface area contributed by atoms with Gasteiger partial charge in [-0.2, -0.15) is 5.10 Å². The minimum atomic E-state index is 0.619. The molecular formula is C8H13BrN4.